The van der Waals surface area contributed by atoms with Gasteiger partial charge in [-0.15, -0.1) is 0 Å². The van der Waals surface area contributed by atoms with Gasteiger partial charge in [0.15, 0.2) is 5.76 Å². The summed E-state index contributed by atoms with van der Waals surface area (Å²) in [6, 6.07) is 19.7. The minimum atomic E-state index is -0.770. The van der Waals surface area contributed by atoms with Gasteiger partial charge in [0.05, 0.1) is 6.26 Å². The summed E-state index contributed by atoms with van der Waals surface area (Å²) in [6.07, 6.45) is 4.29. The molecular weight excluding hydrogens is 456 g/mol. The molecule has 0 spiro atoms. The molecule has 1 aliphatic heterocycles. The van der Waals surface area contributed by atoms with Crippen LogP contribution in [-0.4, -0.2) is 48.3 Å². The molecule has 4 rings (SSSR count). The summed E-state index contributed by atoms with van der Waals surface area (Å²) >= 11 is 0. The van der Waals surface area contributed by atoms with E-state index < -0.39 is 11.9 Å². The molecule has 1 aromatic heterocycles. The molecule has 4 N–H and O–H groups in total. The molecule has 8 nitrogen and oxygen atoms in total. The number of hydrogen-bond donors (Lipinski definition) is 3. The Morgan fingerprint density at radius 2 is 1.67 bits per heavy atom. The number of nitrogens with zero attached hydrogens (tertiary/aromatic N) is 1. The van der Waals surface area contributed by atoms with Gasteiger partial charge in [0.2, 0.25) is 11.8 Å². The Labute approximate surface area is 210 Å². The second-order valence-electron chi connectivity index (χ2n) is 9.15. The molecule has 1 atom stereocenters. The fourth-order valence-corrected chi connectivity index (χ4v) is 4.41. The summed E-state index contributed by atoms with van der Waals surface area (Å²) in [5.41, 5.74) is 8.18. The highest BCUT2D eigenvalue weighted by Gasteiger charge is 2.24. The Hall–Kier alpha value is -3.91. The van der Waals surface area contributed by atoms with Crippen LogP contribution in [0.3, 0.4) is 0 Å². The maximum atomic E-state index is 13.1. The van der Waals surface area contributed by atoms with Crippen molar-refractivity contribution in [1.29, 1.82) is 0 Å². The van der Waals surface area contributed by atoms with Crippen LogP contribution in [-0.2, 0) is 22.4 Å². The Morgan fingerprint density at radius 3 is 2.31 bits per heavy atom. The lowest BCUT2D eigenvalue weighted by Crippen LogP contribution is -2.45. The molecule has 2 aromatic carbocycles. The van der Waals surface area contributed by atoms with Crippen molar-refractivity contribution in [1.82, 2.24) is 10.2 Å². The van der Waals surface area contributed by atoms with Crippen molar-refractivity contribution in [3.63, 3.8) is 0 Å². The molecule has 8 heteroatoms. The number of anilines is 1. The SMILES string of the molecule is NC(=O)C1CCN(CCc2ccc(NC(=O)C(Cc3ccccc3)NC(=O)c3ccco3)cc2)CC1. The van der Waals surface area contributed by atoms with Crippen LogP contribution < -0.4 is 16.4 Å². The molecule has 3 amide bonds. The number of piperidine rings is 1. The standard InChI is InChI=1S/C28H32N4O4/c29-26(33)22-13-16-32(17-14-22)15-12-20-8-10-23(11-9-20)30-27(34)24(19-21-5-2-1-3-6-21)31-28(35)25-7-4-18-36-25/h1-11,18,22,24H,12-17,19H2,(H2,29,33)(H,30,34)(H,31,35). The van der Waals surface area contributed by atoms with Gasteiger partial charge < -0.3 is 25.7 Å². The van der Waals surface area contributed by atoms with Crippen LogP contribution in [0.4, 0.5) is 5.69 Å². The first-order valence-electron chi connectivity index (χ1n) is 12.3. The first-order valence-corrected chi connectivity index (χ1v) is 12.3. The van der Waals surface area contributed by atoms with E-state index in [9.17, 15) is 14.4 Å². The smallest absolute Gasteiger partial charge is 0.287 e. The van der Waals surface area contributed by atoms with Gasteiger partial charge in [0, 0.05) is 24.6 Å². The molecule has 1 saturated heterocycles. The number of nitrogens with one attached hydrogen (secondary N) is 2. The molecule has 188 valence electrons. The van der Waals surface area contributed by atoms with E-state index in [1.807, 2.05) is 54.6 Å². The first-order chi connectivity index (χ1) is 17.5. The highest BCUT2D eigenvalue weighted by atomic mass is 16.3. The largest absolute Gasteiger partial charge is 0.459 e. The van der Waals surface area contributed by atoms with Crippen LogP contribution in [0, 0.1) is 5.92 Å². The minimum Gasteiger partial charge on any atom is -0.459 e. The van der Waals surface area contributed by atoms with Crippen molar-refractivity contribution in [2.24, 2.45) is 11.7 Å². The maximum absolute atomic E-state index is 13.1. The van der Waals surface area contributed by atoms with E-state index in [-0.39, 0.29) is 23.5 Å². The van der Waals surface area contributed by atoms with Gasteiger partial charge in [-0.05, 0) is 67.7 Å². The number of amides is 3. The minimum absolute atomic E-state index is 0.00118. The summed E-state index contributed by atoms with van der Waals surface area (Å²) < 4.78 is 5.17. The molecular formula is C28H32N4O4. The predicted molar refractivity (Wildman–Crippen MR) is 137 cm³/mol. The predicted octanol–water partition coefficient (Wildman–Crippen LogP) is 3.00. The number of nitrogens with two attached hydrogens (primary N) is 1. The molecule has 1 fully saturated rings. The van der Waals surface area contributed by atoms with Crippen molar-refractivity contribution in [3.8, 4) is 0 Å². The number of rotatable bonds is 10. The van der Waals surface area contributed by atoms with E-state index in [1.54, 1.807) is 12.1 Å². The second kappa shape index (κ2) is 12.2. The summed E-state index contributed by atoms with van der Waals surface area (Å²) in [5, 5.41) is 5.71. The zero-order valence-corrected chi connectivity index (χ0v) is 20.2. The number of carbonyl (C=O) groups is 3. The molecule has 36 heavy (non-hydrogen) atoms. The van der Waals surface area contributed by atoms with Crippen molar-refractivity contribution in [3.05, 3.63) is 89.9 Å². The van der Waals surface area contributed by atoms with Gasteiger partial charge in [0.1, 0.15) is 6.04 Å². The summed E-state index contributed by atoms with van der Waals surface area (Å²) in [5.74, 6) is -0.781. The molecule has 2 heterocycles. The highest BCUT2D eigenvalue weighted by molar-refractivity contribution is 6.00. The lowest BCUT2D eigenvalue weighted by molar-refractivity contribution is -0.123. The number of primary amides is 1. The van der Waals surface area contributed by atoms with E-state index in [4.69, 9.17) is 10.2 Å². The zero-order chi connectivity index (χ0) is 25.3. The van der Waals surface area contributed by atoms with E-state index in [2.05, 4.69) is 15.5 Å². The van der Waals surface area contributed by atoms with Gasteiger partial charge in [-0.1, -0.05) is 42.5 Å². The van der Waals surface area contributed by atoms with Crippen molar-refractivity contribution in [2.45, 2.75) is 31.7 Å². The fourth-order valence-electron chi connectivity index (χ4n) is 4.41. The first kappa shape index (κ1) is 25.2. The van der Waals surface area contributed by atoms with Crippen LogP contribution in [0.25, 0.3) is 0 Å². The number of benzene rings is 2. The van der Waals surface area contributed by atoms with Crippen molar-refractivity contribution < 1.29 is 18.8 Å². The van der Waals surface area contributed by atoms with Crippen molar-refractivity contribution in [2.75, 3.05) is 25.0 Å². The lowest BCUT2D eigenvalue weighted by atomic mass is 9.96. The zero-order valence-electron chi connectivity index (χ0n) is 20.2. The topological polar surface area (TPSA) is 118 Å². The molecule has 1 aliphatic rings. The van der Waals surface area contributed by atoms with E-state index in [1.165, 1.54) is 6.26 Å². The Balaban J connectivity index is 1.32. The molecule has 0 saturated carbocycles. The number of likely N-dealkylation sites (tertiary alicyclic amines) is 1. The fraction of sp³-hybridized carbons (Fsp3) is 0.321. The van der Waals surface area contributed by atoms with Crippen LogP contribution in [0.2, 0.25) is 0 Å². The molecule has 1 unspecified atom stereocenters. The van der Waals surface area contributed by atoms with E-state index in [0.717, 1.165) is 50.0 Å². The van der Waals surface area contributed by atoms with Gasteiger partial charge in [0.25, 0.3) is 5.91 Å². The number of furan rings is 1. The number of hydrogen-bond acceptors (Lipinski definition) is 5. The maximum Gasteiger partial charge on any atom is 0.287 e. The Kier molecular flexibility index (Phi) is 8.52. The summed E-state index contributed by atoms with van der Waals surface area (Å²) in [6.45, 7) is 2.68. The van der Waals surface area contributed by atoms with Crippen LogP contribution in [0.15, 0.2) is 77.4 Å². The quantitative estimate of drug-likeness (QED) is 0.406. The second-order valence-corrected chi connectivity index (χ2v) is 9.15. The summed E-state index contributed by atoms with van der Waals surface area (Å²) in [7, 11) is 0. The molecule has 0 aliphatic carbocycles. The third kappa shape index (κ3) is 7.05. The van der Waals surface area contributed by atoms with Crippen molar-refractivity contribution >= 4 is 23.4 Å². The van der Waals surface area contributed by atoms with Crippen LogP contribution in [0.5, 0.6) is 0 Å². The molecule has 3 aromatic rings. The monoisotopic (exact) mass is 488 g/mol. The lowest BCUT2D eigenvalue weighted by Gasteiger charge is -2.30. The average molecular weight is 489 g/mol. The van der Waals surface area contributed by atoms with Gasteiger partial charge in [-0.3, -0.25) is 14.4 Å². The third-order valence-electron chi connectivity index (χ3n) is 6.58. The Morgan fingerprint density at radius 1 is 0.944 bits per heavy atom. The van der Waals surface area contributed by atoms with Crippen LogP contribution >= 0.6 is 0 Å². The third-order valence-corrected chi connectivity index (χ3v) is 6.58. The molecule has 0 radical (unpaired) electrons. The van der Waals surface area contributed by atoms with E-state index in [0.29, 0.717) is 12.1 Å². The van der Waals surface area contributed by atoms with Gasteiger partial charge in [-0.2, -0.15) is 0 Å². The summed E-state index contributed by atoms with van der Waals surface area (Å²) in [4.78, 5) is 39.4. The molecule has 0 bridgehead atoms. The van der Waals surface area contributed by atoms with E-state index >= 15 is 0 Å². The number of carbonyl (C=O) groups excluding carboxylic acids is 3. The van der Waals surface area contributed by atoms with Gasteiger partial charge in [-0.25, -0.2) is 0 Å². The van der Waals surface area contributed by atoms with Crippen LogP contribution in [0.1, 0.15) is 34.5 Å². The highest BCUT2D eigenvalue weighted by Crippen LogP contribution is 2.18. The average Bonchev–Trinajstić information content (AvgIpc) is 3.44. The van der Waals surface area contributed by atoms with Gasteiger partial charge >= 0.3 is 0 Å². The normalized spacial score (nSPS) is 15.2. The Bertz CT molecular complexity index is 1140.